The Bertz CT molecular complexity index is 759. The first kappa shape index (κ1) is 17.6. The third kappa shape index (κ3) is 3.95. The molecule has 2 aromatic rings. The number of alkyl halides is 3. The van der Waals surface area contributed by atoms with Gasteiger partial charge in [0.1, 0.15) is 5.69 Å². The number of nitrogens with zero attached hydrogens (tertiary/aromatic N) is 1. The van der Waals surface area contributed by atoms with E-state index < -0.39 is 35.0 Å². The van der Waals surface area contributed by atoms with E-state index in [1.807, 2.05) is 0 Å². The predicted molar refractivity (Wildman–Crippen MR) is 75.5 cm³/mol. The quantitative estimate of drug-likeness (QED) is 0.472. The number of pyridine rings is 1. The van der Waals surface area contributed by atoms with Crippen LogP contribution in [0.25, 0.3) is 6.08 Å². The molecule has 0 atom stereocenters. The molecule has 126 valence electrons. The van der Waals surface area contributed by atoms with E-state index in [0.717, 1.165) is 43.6 Å². The van der Waals surface area contributed by atoms with Crippen LogP contribution in [-0.2, 0) is 6.18 Å². The first-order valence-electron chi connectivity index (χ1n) is 6.51. The zero-order valence-electron chi connectivity index (χ0n) is 12.2. The predicted octanol–water partition coefficient (Wildman–Crippen LogP) is 4.28. The van der Waals surface area contributed by atoms with Crippen molar-refractivity contribution in [3.8, 4) is 5.75 Å². The number of ketones is 1. The summed E-state index contributed by atoms with van der Waals surface area (Å²) in [5, 5.41) is 0. The Morgan fingerprint density at radius 3 is 2.25 bits per heavy atom. The molecule has 3 nitrogen and oxygen atoms in total. The van der Waals surface area contributed by atoms with Crippen LogP contribution in [0, 0.1) is 11.6 Å². The number of benzene rings is 1. The van der Waals surface area contributed by atoms with Gasteiger partial charge in [-0.1, -0.05) is 6.07 Å². The summed E-state index contributed by atoms with van der Waals surface area (Å²) in [5.41, 5.74) is -1.10. The van der Waals surface area contributed by atoms with Crippen LogP contribution in [0.2, 0.25) is 0 Å². The van der Waals surface area contributed by atoms with Crippen LogP contribution in [0.4, 0.5) is 22.0 Å². The molecule has 0 fully saturated rings. The van der Waals surface area contributed by atoms with E-state index in [4.69, 9.17) is 0 Å². The molecule has 0 bridgehead atoms. The summed E-state index contributed by atoms with van der Waals surface area (Å²) in [6.45, 7) is 0. The summed E-state index contributed by atoms with van der Waals surface area (Å²) >= 11 is 0. The standard InChI is InChI=1S/C16H10F5NO2/c1-24-15-11(17)6-10(7-12(15)18)13(23)4-2-9-3-5-14(22-8-9)16(19,20)21/h2-8H,1H3. The minimum absolute atomic E-state index is 0.228. The van der Waals surface area contributed by atoms with E-state index in [9.17, 15) is 26.7 Å². The second-order valence-electron chi connectivity index (χ2n) is 4.65. The van der Waals surface area contributed by atoms with E-state index in [-0.39, 0.29) is 11.1 Å². The van der Waals surface area contributed by atoms with Gasteiger partial charge in [0, 0.05) is 11.8 Å². The van der Waals surface area contributed by atoms with Crippen LogP contribution in [-0.4, -0.2) is 17.9 Å². The summed E-state index contributed by atoms with van der Waals surface area (Å²) in [5.74, 6) is -3.41. The molecule has 0 saturated heterocycles. The number of halogens is 5. The molecular formula is C16H10F5NO2. The number of carbonyl (C=O) groups is 1. The molecule has 1 aromatic heterocycles. The summed E-state index contributed by atoms with van der Waals surface area (Å²) in [7, 11) is 1.08. The Kier molecular flexibility index (Phi) is 4.96. The fourth-order valence-electron chi connectivity index (χ4n) is 1.84. The molecular weight excluding hydrogens is 333 g/mol. The lowest BCUT2D eigenvalue weighted by Gasteiger charge is -2.05. The van der Waals surface area contributed by atoms with Gasteiger partial charge in [-0.05, 0) is 35.9 Å². The molecule has 8 heteroatoms. The minimum atomic E-state index is -4.56. The lowest BCUT2D eigenvalue weighted by Crippen LogP contribution is -2.07. The van der Waals surface area contributed by atoms with E-state index in [1.165, 1.54) is 6.08 Å². The van der Waals surface area contributed by atoms with Crippen molar-refractivity contribution in [2.24, 2.45) is 0 Å². The molecule has 0 spiro atoms. The van der Waals surface area contributed by atoms with Crippen LogP contribution in [0.1, 0.15) is 21.6 Å². The van der Waals surface area contributed by atoms with Gasteiger partial charge in [-0.25, -0.2) is 8.78 Å². The third-order valence-corrected chi connectivity index (χ3v) is 2.99. The number of aromatic nitrogens is 1. The van der Waals surface area contributed by atoms with E-state index in [1.54, 1.807) is 0 Å². The maximum atomic E-state index is 13.5. The van der Waals surface area contributed by atoms with Crippen molar-refractivity contribution in [3.63, 3.8) is 0 Å². The average molecular weight is 343 g/mol. The normalized spacial score (nSPS) is 11.8. The fraction of sp³-hybridized carbons (Fsp3) is 0.125. The van der Waals surface area contributed by atoms with Crippen molar-refractivity contribution >= 4 is 11.9 Å². The molecule has 24 heavy (non-hydrogen) atoms. The Labute approximate surface area is 133 Å². The highest BCUT2D eigenvalue weighted by molar-refractivity contribution is 6.06. The summed E-state index contributed by atoms with van der Waals surface area (Å²) in [6.07, 6.45) is -1.46. The lowest BCUT2D eigenvalue weighted by atomic mass is 10.1. The van der Waals surface area contributed by atoms with E-state index in [2.05, 4.69) is 9.72 Å². The second kappa shape index (κ2) is 6.77. The third-order valence-electron chi connectivity index (χ3n) is 2.99. The molecule has 2 rings (SSSR count). The summed E-state index contributed by atoms with van der Waals surface area (Å²) in [6, 6.07) is 3.49. The smallest absolute Gasteiger partial charge is 0.433 e. The Balaban J connectivity index is 2.19. The number of ether oxygens (including phenoxy) is 1. The van der Waals surface area contributed by atoms with Gasteiger partial charge in [-0.3, -0.25) is 9.78 Å². The van der Waals surface area contributed by atoms with Crippen LogP contribution in [0.5, 0.6) is 5.75 Å². The van der Waals surface area contributed by atoms with Crippen LogP contribution in [0.3, 0.4) is 0 Å². The first-order chi connectivity index (χ1) is 11.2. The number of carbonyl (C=O) groups excluding carboxylic acids is 1. The molecule has 1 heterocycles. The van der Waals surface area contributed by atoms with E-state index in [0.29, 0.717) is 0 Å². The molecule has 0 aliphatic carbocycles. The molecule has 0 unspecified atom stereocenters. The molecule has 0 saturated carbocycles. The summed E-state index contributed by atoms with van der Waals surface area (Å²) in [4.78, 5) is 15.1. The van der Waals surface area contributed by atoms with Crippen molar-refractivity contribution in [3.05, 3.63) is 65.0 Å². The van der Waals surface area contributed by atoms with Crippen molar-refractivity contribution in [1.82, 2.24) is 4.98 Å². The van der Waals surface area contributed by atoms with Gasteiger partial charge in [-0.2, -0.15) is 13.2 Å². The van der Waals surface area contributed by atoms with Crippen molar-refractivity contribution < 1.29 is 31.5 Å². The zero-order valence-corrected chi connectivity index (χ0v) is 12.2. The Hall–Kier alpha value is -2.77. The maximum Gasteiger partial charge on any atom is 0.433 e. The van der Waals surface area contributed by atoms with Crippen LogP contribution >= 0.6 is 0 Å². The van der Waals surface area contributed by atoms with Gasteiger partial charge < -0.3 is 4.74 Å². The molecule has 0 N–H and O–H groups in total. The van der Waals surface area contributed by atoms with Gasteiger partial charge in [0.15, 0.2) is 23.2 Å². The number of hydrogen-bond acceptors (Lipinski definition) is 3. The number of rotatable bonds is 4. The molecule has 0 aliphatic heterocycles. The lowest BCUT2D eigenvalue weighted by molar-refractivity contribution is -0.141. The van der Waals surface area contributed by atoms with Crippen molar-refractivity contribution in [2.75, 3.05) is 7.11 Å². The SMILES string of the molecule is COc1c(F)cc(C(=O)C=Cc2ccc(C(F)(F)F)nc2)cc1F. The van der Waals surface area contributed by atoms with Gasteiger partial charge in [0.25, 0.3) is 0 Å². The Morgan fingerprint density at radius 1 is 1.17 bits per heavy atom. The largest absolute Gasteiger partial charge is 0.491 e. The van der Waals surface area contributed by atoms with Crippen molar-refractivity contribution in [1.29, 1.82) is 0 Å². The number of allylic oxidation sites excluding steroid dienone is 1. The van der Waals surface area contributed by atoms with Crippen LogP contribution in [0.15, 0.2) is 36.5 Å². The Morgan fingerprint density at radius 2 is 1.79 bits per heavy atom. The summed E-state index contributed by atoms with van der Waals surface area (Å²) < 4.78 is 68.7. The highest BCUT2D eigenvalue weighted by Crippen LogP contribution is 2.27. The maximum absolute atomic E-state index is 13.5. The van der Waals surface area contributed by atoms with Gasteiger partial charge in [0.05, 0.1) is 7.11 Å². The number of methoxy groups -OCH3 is 1. The van der Waals surface area contributed by atoms with Crippen molar-refractivity contribution in [2.45, 2.75) is 6.18 Å². The minimum Gasteiger partial charge on any atom is -0.491 e. The second-order valence-corrected chi connectivity index (χ2v) is 4.65. The van der Waals surface area contributed by atoms with Gasteiger partial charge in [-0.15, -0.1) is 0 Å². The monoisotopic (exact) mass is 343 g/mol. The zero-order chi connectivity index (χ0) is 17.9. The molecule has 0 amide bonds. The van der Waals surface area contributed by atoms with Crippen LogP contribution < -0.4 is 4.74 Å². The fourth-order valence-corrected chi connectivity index (χ4v) is 1.84. The van der Waals surface area contributed by atoms with E-state index >= 15 is 0 Å². The highest BCUT2D eigenvalue weighted by Gasteiger charge is 2.31. The van der Waals surface area contributed by atoms with Gasteiger partial charge in [0.2, 0.25) is 0 Å². The average Bonchev–Trinajstić information content (AvgIpc) is 2.51. The highest BCUT2D eigenvalue weighted by atomic mass is 19.4. The first-order valence-corrected chi connectivity index (χ1v) is 6.51. The molecule has 0 aliphatic rings. The number of hydrogen-bond donors (Lipinski definition) is 0. The molecule has 1 aromatic carbocycles. The van der Waals surface area contributed by atoms with Gasteiger partial charge >= 0.3 is 6.18 Å². The topological polar surface area (TPSA) is 39.2 Å². The molecule has 0 radical (unpaired) electrons.